The minimum atomic E-state index is 0.0692. The third-order valence-electron chi connectivity index (χ3n) is 3.43. The van der Waals surface area contributed by atoms with Gasteiger partial charge in [-0.1, -0.05) is 15.9 Å². The molecule has 0 bridgehead atoms. The Labute approximate surface area is 126 Å². The normalized spacial score (nSPS) is 14.9. The molecule has 4 nitrogen and oxygen atoms in total. The molecule has 1 aliphatic rings. The average molecular weight is 337 g/mol. The number of oxazole rings is 1. The highest BCUT2D eigenvalue weighted by Crippen LogP contribution is 2.33. The lowest BCUT2D eigenvalue weighted by atomic mass is 10.1. The van der Waals surface area contributed by atoms with Gasteiger partial charge in [-0.05, 0) is 31.5 Å². The molecule has 1 aliphatic heterocycles. The zero-order valence-corrected chi connectivity index (χ0v) is 13.2. The Kier molecular flexibility index (Phi) is 3.81. The van der Waals surface area contributed by atoms with Crippen LogP contribution in [0.3, 0.4) is 0 Å². The van der Waals surface area contributed by atoms with Crippen LogP contribution in [-0.2, 0) is 13.0 Å². The molecule has 0 saturated heterocycles. The van der Waals surface area contributed by atoms with Gasteiger partial charge in [0.2, 0.25) is 5.89 Å². The number of fused-ring (bicyclic) bond motifs is 1. The van der Waals surface area contributed by atoms with Gasteiger partial charge in [-0.3, -0.25) is 0 Å². The number of hydrogen-bond donors (Lipinski definition) is 1. The highest BCUT2D eigenvalue weighted by molar-refractivity contribution is 9.10. The molecular formula is C15H17BrN2O2. The number of nitrogens with one attached hydrogen (secondary N) is 1. The van der Waals surface area contributed by atoms with Crippen LogP contribution in [0.25, 0.3) is 0 Å². The van der Waals surface area contributed by atoms with E-state index in [1.54, 1.807) is 6.20 Å². The zero-order valence-electron chi connectivity index (χ0n) is 11.6. The molecule has 1 aromatic carbocycles. The zero-order chi connectivity index (χ0) is 14.1. The molecule has 0 fully saturated rings. The standard InChI is InChI=1S/C15H17BrN2O2/c1-9-7-18-15(20-9)10(2)17-8-12-6-13(16)5-11-3-4-19-14(11)12/h5-7,10,17H,3-4,8H2,1-2H3. The molecule has 2 heterocycles. The van der Waals surface area contributed by atoms with Crippen LogP contribution < -0.4 is 10.1 Å². The maximum Gasteiger partial charge on any atom is 0.211 e. The summed E-state index contributed by atoms with van der Waals surface area (Å²) in [4.78, 5) is 4.25. The van der Waals surface area contributed by atoms with E-state index in [-0.39, 0.29) is 6.04 Å². The predicted octanol–water partition coefficient (Wildman–Crippen LogP) is 3.53. The Morgan fingerprint density at radius 2 is 2.30 bits per heavy atom. The second kappa shape index (κ2) is 5.58. The van der Waals surface area contributed by atoms with E-state index in [0.29, 0.717) is 0 Å². The van der Waals surface area contributed by atoms with Crippen molar-refractivity contribution < 1.29 is 9.15 Å². The van der Waals surface area contributed by atoms with E-state index in [4.69, 9.17) is 9.15 Å². The van der Waals surface area contributed by atoms with Crippen molar-refractivity contribution in [2.45, 2.75) is 32.9 Å². The highest BCUT2D eigenvalue weighted by atomic mass is 79.9. The first-order valence-corrected chi connectivity index (χ1v) is 7.52. The fraction of sp³-hybridized carbons (Fsp3) is 0.400. The topological polar surface area (TPSA) is 47.3 Å². The highest BCUT2D eigenvalue weighted by Gasteiger charge is 2.18. The van der Waals surface area contributed by atoms with Gasteiger partial charge in [-0.25, -0.2) is 4.98 Å². The van der Waals surface area contributed by atoms with Crippen LogP contribution in [0.15, 0.2) is 27.2 Å². The minimum absolute atomic E-state index is 0.0692. The van der Waals surface area contributed by atoms with E-state index in [9.17, 15) is 0 Å². The molecule has 0 aliphatic carbocycles. The number of ether oxygens (including phenoxy) is 1. The second-order valence-electron chi connectivity index (χ2n) is 5.06. The first-order valence-electron chi connectivity index (χ1n) is 6.73. The Morgan fingerprint density at radius 1 is 1.45 bits per heavy atom. The van der Waals surface area contributed by atoms with Gasteiger partial charge >= 0.3 is 0 Å². The smallest absolute Gasteiger partial charge is 0.211 e. The summed E-state index contributed by atoms with van der Waals surface area (Å²) in [6, 6.07) is 4.30. The van der Waals surface area contributed by atoms with Crippen molar-refractivity contribution in [1.82, 2.24) is 10.3 Å². The fourth-order valence-corrected chi connectivity index (χ4v) is 2.95. The summed E-state index contributed by atoms with van der Waals surface area (Å²) in [5.74, 6) is 2.58. The van der Waals surface area contributed by atoms with Crippen LogP contribution in [-0.4, -0.2) is 11.6 Å². The summed E-state index contributed by atoms with van der Waals surface area (Å²) in [7, 11) is 0. The minimum Gasteiger partial charge on any atom is -0.493 e. The van der Waals surface area contributed by atoms with E-state index in [1.165, 1.54) is 11.1 Å². The van der Waals surface area contributed by atoms with Crippen molar-refractivity contribution in [2.75, 3.05) is 6.61 Å². The lowest BCUT2D eigenvalue weighted by molar-refractivity contribution is 0.349. The van der Waals surface area contributed by atoms with Crippen LogP contribution in [0.4, 0.5) is 0 Å². The van der Waals surface area contributed by atoms with Gasteiger partial charge in [0.15, 0.2) is 0 Å². The quantitative estimate of drug-likeness (QED) is 0.927. The molecule has 0 amide bonds. The predicted molar refractivity (Wildman–Crippen MR) is 79.8 cm³/mol. The van der Waals surface area contributed by atoms with Crippen molar-refractivity contribution in [2.24, 2.45) is 0 Å². The summed E-state index contributed by atoms with van der Waals surface area (Å²) in [5.41, 5.74) is 2.44. The molecular weight excluding hydrogens is 320 g/mol. The maximum atomic E-state index is 5.73. The van der Waals surface area contributed by atoms with E-state index < -0.39 is 0 Å². The molecule has 3 rings (SSSR count). The van der Waals surface area contributed by atoms with Crippen LogP contribution in [0, 0.1) is 6.92 Å². The Balaban J connectivity index is 1.73. The lowest BCUT2D eigenvalue weighted by Crippen LogP contribution is -2.18. The number of benzene rings is 1. The van der Waals surface area contributed by atoms with Crippen LogP contribution in [0.2, 0.25) is 0 Å². The molecule has 5 heteroatoms. The van der Waals surface area contributed by atoms with Crippen molar-refractivity contribution in [1.29, 1.82) is 0 Å². The Bertz CT molecular complexity index is 624. The van der Waals surface area contributed by atoms with Gasteiger partial charge in [0.1, 0.15) is 11.5 Å². The summed E-state index contributed by atoms with van der Waals surface area (Å²) in [5, 5.41) is 3.43. The number of aryl methyl sites for hydroxylation is 1. The Hall–Kier alpha value is -1.33. The van der Waals surface area contributed by atoms with E-state index in [1.807, 2.05) is 13.8 Å². The number of halogens is 1. The number of rotatable bonds is 4. The van der Waals surface area contributed by atoms with Gasteiger partial charge in [0.25, 0.3) is 0 Å². The van der Waals surface area contributed by atoms with E-state index >= 15 is 0 Å². The fourth-order valence-electron chi connectivity index (χ4n) is 2.40. The van der Waals surface area contributed by atoms with Crippen molar-refractivity contribution in [3.63, 3.8) is 0 Å². The first kappa shape index (κ1) is 13.6. The van der Waals surface area contributed by atoms with E-state index in [2.05, 4.69) is 38.4 Å². The van der Waals surface area contributed by atoms with Crippen molar-refractivity contribution in [3.05, 3.63) is 45.6 Å². The van der Waals surface area contributed by atoms with E-state index in [0.717, 1.165) is 41.4 Å². The van der Waals surface area contributed by atoms with Crippen molar-refractivity contribution in [3.8, 4) is 5.75 Å². The first-order chi connectivity index (χ1) is 9.63. The summed E-state index contributed by atoms with van der Waals surface area (Å²) < 4.78 is 12.4. The summed E-state index contributed by atoms with van der Waals surface area (Å²) in [6.45, 7) is 5.44. The number of hydrogen-bond acceptors (Lipinski definition) is 4. The van der Waals surface area contributed by atoms with Gasteiger partial charge in [0.05, 0.1) is 18.8 Å². The van der Waals surface area contributed by atoms with Gasteiger partial charge in [-0.15, -0.1) is 0 Å². The average Bonchev–Trinajstić information content (AvgIpc) is 3.03. The lowest BCUT2D eigenvalue weighted by Gasteiger charge is -2.13. The molecule has 1 N–H and O–H groups in total. The third-order valence-corrected chi connectivity index (χ3v) is 3.89. The van der Waals surface area contributed by atoms with Crippen molar-refractivity contribution >= 4 is 15.9 Å². The third kappa shape index (κ3) is 2.74. The summed E-state index contributed by atoms with van der Waals surface area (Å²) in [6.07, 6.45) is 2.73. The molecule has 1 unspecified atom stereocenters. The molecule has 106 valence electrons. The van der Waals surface area contributed by atoms with Gasteiger partial charge in [-0.2, -0.15) is 0 Å². The maximum absolute atomic E-state index is 5.73. The Morgan fingerprint density at radius 3 is 3.05 bits per heavy atom. The largest absolute Gasteiger partial charge is 0.493 e. The molecule has 1 atom stereocenters. The molecule has 1 aromatic heterocycles. The monoisotopic (exact) mass is 336 g/mol. The SMILES string of the molecule is Cc1cnc(C(C)NCc2cc(Br)cc3c2OCC3)o1. The molecule has 0 radical (unpaired) electrons. The second-order valence-corrected chi connectivity index (χ2v) is 5.98. The van der Waals surface area contributed by atoms with Gasteiger partial charge < -0.3 is 14.5 Å². The summed E-state index contributed by atoms with van der Waals surface area (Å²) >= 11 is 3.56. The van der Waals surface area contributed by atoms with Gasteiger partial charge in [0, 0.05) is 23.0 Å². The van der Waals surface area contributed by atoms with Crippen LogP contribution >= 0.6 is 15.9 Å². The number of aromatic nitrogens is 1. The molecule has 0 saturated carbocycles. The molecule has 2 aromatic rings. The molecule has 20 heavy (non-hydrogen) atoms. The van der Waals surface area contributed by atoms with Crippen LogP contribution in [0.5, 0.6) is 5.75 Å². The number of nitrogens with zero attached hydrogens (tertiary/aromatic N) is 1. The molecule has 0 spiro atoms. The van der Waals surface area contributed by atoms with Crippen LogP contribution in [0.1, 0.15) is 35.7 Å².